The lowest BCUT2D eigenvalue weighted by molar-refractivity contribution is 0.173. The van der Waals surface area contributed by atoms with Gasteiger partial charge in [0.2, 0.25) is 0 Å². The molecule has 5 heteroatoms. The molecular weight excluding hydrogens is 324 g/mol. The van der Waals surface area contributed by atoms with E-state index in [0.29, 0.717) is 13.1 Å². The van der Waals surface area contributed by atoms with E-state index in [1.54, 1.807) is 23.5 Å². The predicted octanol–water partition coefficient (Wildman–Crippen LogP) is 3.95. The number of carbonyl (C=O) groups excluding carboxylic acids is 1. The summed E-state index contributed by atoms with van der Waals surface area (Å²) in [5.74, 6) is 0. The van der Waals surface area contributed by atoms with Crippen molar-refractivity contribution < 1.29 is 4.79 Å². The van der Waals surface area contributed by atoms with Crippen molar-refractivity contribution in [3.8, 4) is 0 Å². The van der Waals surface area contributed by atoms with Gasteiger partial charge in [0.15, 0.2) is 0 Å². The molecule has 0 aliphatic carbocycles. The van der Waals surface area contributed by atoms with Crippen molar-refractivity contribution in [2.24, 2.45) is 0 Å². The molecule has 0 radical (unpaired) electrons. The van der Waals surface area contributed by atoms with Gasteiger partial charge in [-0.3, -0.25) is 9.97 Å². The van der Waals surface area contributed by atoms with Gasteiger partial charge < -0.3 is 10.2 Å². The van der Waals surface area contributed by atoms with Crippen LogP contribution in [0.4, 0.5) is 4.79 Å². The minimum absolute atomic E-state index is 0.121. The van der Waals surface area contributed by atoms with Crippen LogP contribution < -0.4 is 5.32 Å². The normalized spacial score (nSPS) is 11.6. The third kappa shape index (κ3) is 4.66. The van der Waals surface area contributed by atoms with Gasteiger partial charge in [-0.2, -0.15) is 0 Å². The number of nitrogens with zero attached hydrogens (tertiary/aromatic N) is 3. The molecule has 0 spiro atoms. The van der Waals surface area contributed by atoms with Crippen molar-refractivity contribution >= 4 is 6.03 Å². The lowest BCUT2D eigenvalue weighted by atomic mass is 10.1. The number of pyridine rings is 2. The monoisotopic (exact) mass is 346 g/mol. The molecule has 5 nitrogen and oxygen atoms in total. The van der Waals surface area contributed by atoms with Crippen LogP contribution in [0.2, 0.25) is 0 Å². The number of rotatable bonds is 6. The van der Waals surface area contributed by atoms with Gasteiger partial charge in [-0.15, -0.1) is 0 Å². The van der Waals surface area contributed by atoms with Gasteiger partial charge in [0, 0.05) is 31.7 Å². The Bertz CT molecular complexity index is 809. The molecule has 1 aromatic carbocycles. The highest BCUT2D eigenvalue weighted by molar-refractivity contribution is 5.74. The van der Waals surface area contributed by atoms with Crippen LogP contribution in [-0.2, 0) is 13.1 Å². The average Bonchev–Trinajstić information content (AvgIpc) is 2.72. The zero-order valence-corrected chi connectivity index (χ0v) is 14.7. The number of urea groups is 1. The Hall–Kier alpha value is -3.21. The molecule has 0 fully saturated rings. The molecule has 1 N–H and O–H groups in total. The van der Waals surface area contributed by atoms with Gasteiger partial charge in [0.25, 0.3) is 0 Å². The third-order valence-corrected chi connectivity index (χ3v) is 4.23. The maximum atomic E-state index is 12.9. The average molecular weight is 346 g/mol. The summed E-state index contributed by atoms with van der Waals surface area (Å²) in [6.07, 6.45) is 5.20. The summed E-state index contributed by atoms with van der Waals surface area (Å²) in [6.45, 7) is 2.97. The SMILES string of the molecule is CC(c1ccccn1)N(Cc1ccccc1)C(=O)NCc1ccncc1. The van der Waals surface area contributed by atoms with Gasteiger partial charge >= 0.3 is 6.03 Å². The second-order valence-electron chi connectivity index (χ2n) is 6.06. The second kappa shape index (κ2) is 8.76. The number of amides is 2. The first kappa shape index (κ1) is 17.6. The van der Waals surface area contributed by atoms with Crippen LogP contribution in [0.5, 0.6) is 0 Å². The fourth-order valence-electron chi connectivity index (χ4n) is 2.73. The smallest absolute Gasteiger partial charge is 0.318 e. The first-order valence-electron chi connectivity index (χ1n) is 8.62. The highest BCUT2D eigenvalue weighted by Gasteiger charge is 2.22. The van der Waals surface area contributed by atoms with Crippen molar-refractivity contribution in [2.45, 2.75) is 26.1 Å². The predicted molar refractivity (Wildman–Crippen MR) is 101 cm³/mol. The Kier molecular flexibility index (Phi) is 5.93. The quantitative estimate of drug-likeness (QED) is 0.735. The molecule has 132 valence electrons. The summed E-state index contributed by atoms with van der Waals surface area (Å²) < 4.78 is 0. The van der Waals surface area contributed by atoms with E-state index in [1.807, 2.05) is 67.6 Å². The maximum absolute atomic E-state index is 12.9. The van der Waals surface area contributed by atoms with E-state index in [4.69, 9.17) is 0 Å². The van der Waals surface area contributed by atoms with Gasteiger partial charge in [-0.05, 0) is 42.3 Å². The summed E-state index contributed by atoms with van der Waals surface area (Å²) in [4.78, 5) is 23.1. The fourth-order valence-corrected chi connectivity index (χ4v) is 2.73. The number of hydrogen-bond acceptors (Lipinski definition) is 3. The van der Waals surface area contributed by atoms with Crippen molar-refractivity contribution in [1.82, 2.24) is 20.2 Å². The molecule has 2 aromatic heterocycles. The Morgan fingerprint density at radius 1 is 0.962 bits per heavy atom. The summed E-state index contributed by atoms with van der Waals surface area (Å²) in [5.41, 5.74) is 2.95. The number of carbonyl (C=O) groups is 1. The highest BCUT2D eigenvalue weighted by atomic mass is 16.2. The molecule has 1 atom stereocenters. The summed E-state index contributed by atoms with van der Waals surface area (Å²) in [5, 5.41) is 3.00. The molecule has 1 unspecified atom stereocenters. The van der Waals surface area contributed by atoms with Gasteiger partial charge in [0.05, 0.1) is 11.7 Å². The van der Waals surface area contributed by atoms with E-state index >= 15 is 0 Å². The Morgan fingerprint density at radius 2 is 1.69 bits per heavy atom. The topological polar surface area (TPSA) is 58.1 Å². The lowest BCUT2D eigenvalue weighted by Gasteiger charge is -2.29. The van der Waals surface area contributed by atoms with Crippen molar-refractivity contribution in [3.05, 3.63) is 96.1 Å². The highest BCUT2D eigenvalue weighted by Crippen LogP contribution is 2.21. The standard InChI is InChI=1S/C21H22N4O/c1-17(20-9-5-6-12-23-20)25(16-19-7-3-2-4-8-19)21(26)24-15-18-10-13-22-14-11-18/h2-14,17H,15-16H2,1H3,(H,24,26). The second-order valence-corrected chi connectivity index (χ2v) is 6.06. The number of benzene rings is 1. The van der Waals surface area contributed by atoms with Crippen LogP contribution >= 0.6 is 0 Å². The molecule has 0 bridgehead atoms. The third-order valence-electron chi connectivity index (χ3n) is 4.23. The van der Waals surface area contributed by atoms with Gasteiger partial charge in [-0.1, -0.05) is 36.4 Å². The van der Waals surface area contributed by atoms with Gasteiger partial charge in [0.1, 0.15) is 0 Å². The molecule has 3 rings (SSSR count). The number of hydrogen-bond donors (Lipinski definition) is 1. The zero-order valence-electron chi connectivity index (χ0n) is 14.7. The van der Waals surface area contributed by atoms with Gasteiger partial charge in [-0.25, -0.2) is 4.79 Å². The van der Waals surface area contributed by atoms with E-state index < -0.39 is 0 Å². The van der Waals surface area contributed by atoms with E-state index in [-0.39, 0.29) is 12.1 Å². The lowest BCUT2D eigenvalue weighted by Crippen LogP contribution is -2.41. The molecule has 2 heterocycles. The molecule has 26 heavy (non-hydrogen) atoms. The first-order chi connectivity index (χ1) is 12.7. The Morgan fingerprint density at radius 3 is 2.38 bits per heavy atom. The molecule has 0 saturated heterocycles. The van der Waals surface area contributed by atoms with Crippen molar-refractivity contribution in [2.75, 3.05) is 0 Å². The minimum Gasteiger partial charge on any atom is -0.334 e. The first-order valence-corrected chi connectivity index (χ1v) is 8.62. The van der Waals surface area contributed by atoms with E-state index in [9.17, 15) is 4.79 Å². The van der Waals surface area contributed by atoms with Crippen LogP contribution in [0.15, 0.2) is 79.3 Å². The molecule has 2 amide bonds. The van der Waals surface area contributed by atoms with Crippen molar-refractivity contribution in [1.29, 1.82) is 0 Å². The van der Waals surface area contributed by atoms with Crippen LogP contribution in [-0.4, -0.2) is 20.9 Å². The summed E-state index contributed by atoms with van der Waals surface area (Å²) in [6, 6.07) is 19.3. The largest absolute Gasteiger partial charge is 0.334 e. The van der Waals surface area contributed by atoms with E-state index in [1.165, 1.54) is 0 Å². The van der Waals surface area contributed by atoms with E-state index in [0.717, 1.165) is 16.8 Å². The zero-order chi connectivity index (χ0) is 18.2. The van der Waals surface area contributed by atoms with Crippen LogP contribution in [0.1, 0.15) is 29.8 Å². The molecular formula is C21H22N4O. The number of aromatic nitrogens is 2. The Labute approximate surface area is 153 Å². The maximum Gasteiger partial charge on any atom is 0.318 e. The molecule has 0 aliphatic rings. The molecule has 0 saturated carbocycles. The van der Waals surface area contributed by atoms with Crippen LogP contribution in [0.25, 0.3) is 0 Å². The fraction of sp³-hybridized carbons (Fsp3) is 0.190. The minimum atomic E-state index is -0.145. The summed E-state index contributed by atoms with van der Waals surface area (Å²) >= 11 is 0. The van der Waals surface area contributed by atoms with E-state index in [2.05, 4.69) is 15.3 Å². The van der Waals surface area contributed by atoms with Crippen LogP contribution in [0, 0.1) is 0 Å². The van der Waals surface area contributed by atoms with Crippen molar-refractivity contribution in [3.63, 3.8) is 0 Å². The Balaban J connectivity index is 1.76. The number of nitrogens with one attached hydrogen (secondary N) is 1. The molecule has 3 aromatic rings. The molecule has 0 aliphatic heterocycles. The van der Waals surface area contributed by atoms with Crippen LogP contribution in [0.3, 0.4) is 0 Å². The summed E-state index contributed by atoms with van der Waals surface area (Å²) in [7, 11) is 0.